The number of ketones is 2. The molecule has 0 saturated carbocycles. The van der Waals surface area contributed by atoms with Gasteiger partial charge < -0.3 is 29.1 Å². The first-order valence-electron chi connectivity index (χ1n) is 15.1. The molecular weight excluding hydrogens is 578 g/mol. The minimum atomic E-state index is -0.986. The Balaban J connectivity index is 1.95. The van der Waals surface area contributed by atoms with Gasteiger partial charge in [-0.2, -0.15) is 0 Å². The number of hydrogen-bond acceptors (Lipinski definition) is 9. The van der Waals surface area contributed by atoms with Gasteiger partial charge in [-0.25, -0.2) is 0 Å². The van der Waals surface area contributed by atoms with Crippen molar-refractivity contribution in [3.05, 3.63) is 71.8 Å². The zero-order valence-corrected chi connectivity index (χ0v) is 25.9. The van der Waals surface area contributed by atoms with Crippen molar-refractivity contribution < 1.29 is 42.9 Å². The minimum Gasteiger partial charge on any atom is -0.461 e. The molecule has 2 rings (SSSR count). The number of carbonyl (C=O) groups excluding carboxylic acids is 5. The quantitative estimate of drug-likeness (QED) is 0.110. The fraction of sp³-hybridized carbons (Fsp3) is 0.457. The molecular formula is C35H43NO9. The van der Waals surface area contributed by atoms with Gasteiger partial charge in [0.15, 0.2) is 5.78 Å². The molecule has 1 N–H and O–H groups in total. The molecule has 0 aromatic heterocycles. The number of benzene rings is 2. The molecule has 2 aromatic rings. The number of Topliss-reactive ketones (excluding diaryl/α,β-unsaturated/α-hetero) is 2. The number of carbonyl (C=O) groups is 5. The molecule has 1 amide bonds. The normalized spacial score (nSPS) is 11.9. The fourth-order valence-corrected chi connectivity index (χ4v) is 4.32. The highest BCUT2D eigenvalue weighted by Crippen LogP contribution is 2.16. The van der Waals surface area contributed by atoms with Crippen LogP contribution in [0.4, 0.5) is 0 Å². The Kier molecular flexibility index (Phi) is 18.2. The van der Waals surface area contributed by atoms with E-state index in [1.54, 1.807) is 0 Å². The van der Waals surface area contributed by atoms with Gasteiger partial charge in [-0.15, -0.1) is 6.42 Å². The zero-order valence-electron chi connectivity index (χ0n) is 25.9. The summed E-state index contributed by atoms with van der Waals surface area (Å²) in [5, 5.41) is 2.73. The Morgan fingerprint density at radius 3 is 1.87 bits per heavy atom. The lowest BCUT2D eigenvalue weighted by Crippen LogP contribution is -2.44. The van der Waals surface area contributed by atoms with Crippen LogP contribution in [0.2, 0.25) is 0 Å². The van der Waals surface area contributed by atoms with Gasteiger partial charge in [0.25, 0.3) is 0 Å². The average molecular weight is 622 g/mol. The second-order valence-corrected chi connectivity index (χ2v) is 10.5. The van der Waals surface area contributed by atoms with E-state index in [9.17, 15) is 24.0 Å². The first kappa shape index (κ1) is 36.9. The number of amides is 1. The van der Waals surface area contributed by atoms with Gasteiger partial charge in [-0.05, 0) is 37.3 Å². The average Bonchev–Trinajstić information content (AvgIpc) is 3.04. The lowest BCUT2D eigenvalue weighted by Gasteiger charge is -2.21. The van der Waals surface area contributed by atoms with E-state index in [0.717, 1.165) is 11.1 Å². The van der Waals surface area contributed by atoms with Gasteiger partial charge in [0, 0.05) is 38.2 Å². The van der Waals surface area contributed by atoms with Gasteiger partial charge >= 0.3 is 11.9 Å². The van der Waals surface area contributed by atoms with Crippen LogP contribution in [0, 0.1) is 18.3 Å². The van der Waals surface area contributed by atoms with Crippen molar-refractivity contribution in [3.8, 4) is 12.3 Å². The maximum absolute atomic E-state index is 13.3. The molecule has 242 valence electrons. The minimum absolute atomic E-state index is 0.0187. The van der Waals surface area contributed by atoms with E-state index < -0.39 is 29.8 Å². The molecule has 10 heteroatoms. The Hall–Kier alpha value is -4.33. The van der Waals surface area contributed by atoms with Crippen LogP contribution in [0.1, 0.15) is 63.0 Å². The summed E-state index contributed by atoms with van der Waals surface area (Å²) in [5.74, 6) is -0.558. The SMILES string of the molecule is C#CCOCCOCCCC(=O)[C@@H](CCC(=O)OCc1ccccc1)NC(=O)[C@H](CCC(=O)OCc1ccccc1)CC(C)=O. The third kappa shape index (κ3) is 16.9. The Bertz CT molecular complexity index is 1240. The number of nitrogens with one attached hydrogen (secondary N) is 1. The largest absolute Gasteiger partial charge is 0.461 e. The van der Waals surface area contributed by atoms with Gasteiger partial charge in [0.2, 0.25) is 5.91 Å². The molecule has 2 aromatic carbocycles. The van der Waals surface area contributed by atoms with E-state index in [-0.39, 0.29) is 69.9 Å². The summed E-state index contributed by atoms with van der Waals surface area (Å²) < 4.78 is 21.2. The van der Waals surface area contributed by atoms with E-state index in [2.05, 4.69) is 11.2 Å². The number of hydrogen-bond donors (Lipinski definition) is 1. The third-order valence-electron chi connectivity index (χ3n) is 6.70. The summed E-state index contributed by atoms with van der Waals surface area (Å²) in [7, 11) is 0. The molecule has 45 heavy (non-hydrogen) atoms. The summed E-state index contributed by atoms with van der Waals surface area (Å²) in [4.78, 5) is 63.3. The van der Waals surface area contributed by atoms with E-state index >= 15 is 0 Å². The van der Waals surface area contributed by atoms with Crippen LogP contribution in [0.25, 0.3) is 0 Å². The summed E-state index contributed by atoms with van der Waals surface area (Å²) in [6.07, 6.45) is 5.42. The molecule has 10 nitrogen and oxygen atoms in total. The van der Waals surface area contributed by atoms with Crippen LogP contribution in [0.15, 0.2) is 60.7 Å². The second kappa shape index (κ2) is 22.2. The van der Waals surface area contributed by atoms with Crippen molar-refractivity contribution in [2.24, 2.45) is 5.92 Å². The predicted molar refractivity (Wildman–Crippen MR) is 166 cm³/mol. The topological polar surface area (TPSA) is 134 Å². The van der Waals surface area contributed by atoms with Gasteiger partial charge in [-0.3, -0.25) is 19.2 Å². The van der Waals surface area contributed by atoms with Crippen molar-refractivity contribution in [2.75, 3.05) is 26.4 Å². The summed E-state index contributed by atoms with van der Waals surface area (Å²) in [6.45, 7) is 2.69. The Morgan fingerprint density at radius 2 is 1.31 bits per heavy atom. The molecule has 0 fully saturated rings. The van der Waals surface area contributed by atoms with Crippen LogP contribution < -0.4 is 5.32 Å². The lowest BCUT2D eigenvalue weighted by atomic mass is 9.94. The summed E-state index contributed by atoms with van der Waals surface area (Å²) >= 11 is 0. The Morgan fingerprint density at radius 1 is 0.756 bits per heavy atom. The predicted octanol–water partition coefficient (Wildman–Crippen LogP) is 4.13. The monoisotopic (exact) mass is 621 g/mol. The smallest absolute Gasteiger partial charge is 0.306 e. The van der Waals surface area contributed by atoms with Crippen LogP contribution in [-0.2, 0) is 56.1 Å². The van der Waals surface area contributed by atoms with Crippen molar-refractivity contribution >= 4 is 29.4 Å². The molecule has 0 saturated heterocycles. The van der Waals surface area contributed by atoms with Crippen LogP contribution in [0.5, 0.6) is 0 Å². The first-order valence-corrected chi connectivity index (χ1v) is 15.1. The standard InChI is InChI=1S/C35H43NO9/c1-3-20-42-22-23-43-21-10-15-32(38)31(17-19-34(40)45-26-29-13-8-5-9-14-29)36-35(41)30(24-27(2)37)16-18-33(39)44-25-28-11-6-4-7-12-28/h1,4-9,11-14,30-31H,10,15-26H2,2H3,(H,36,41)/t30-,31-/m1/s1. The van der Waals surface area contributed by atoms with Crippen molar-refractivity contribution in [2.45, 2.75) is 71.1 Å². The first-order chi connectivity index (χ1) is 21.8. The zero-order chi connectivity index (χ0) is 32.7. The van der Waals surface area contributed by atoms with Gasteiger partial charge in [-0.1, -0.05) is 66.6 Å². The lowest BCUT2D eigenvalue weighted by molar-refractivity contribution is -0.147. The molecule has 0 spiro atoms. The Labute approximate surface area is 265 Å². The van der Waals surface area contributed by atoms with Crippen molar-refractivity contribution in [3.63, 3.8) is 0 Å². The second-order valence-electron chi connectivity index (χ2n) is 10.5. The number of terminal acetylenes is 1. The van der Waals surface area contributed by atoms with Crippen LogP contribution in [0.3, 0.4) is 0 Å². The van der Waals surface area contributed by atoms with Crippen LogP contribution in [-0.4, -0.2) is 61.9 Å². The molecule has 0 bridgehead atoms. The van der Waals surface area contributed by atoms with Crippen molar-refractivity contribution in [1.29, 1.82) is 0 Å². The highest BCUT2D eigenvalue weighted by atomic mass is 16.5. The highest BCUT2D eigenvalue weighted by Gasteiger charge is 2.27. The number of esters is 2. The van der Waals surface area contributed by atoms with E-state index in [4.69, 9.17) is 25.4 Å². The van der Waals surface area contributed by atoms with E-state index in [0.29, 0.717) is 26.2 Å². The molecule has 0 aliphatic rings. The maximum Gasteiger partial charge on any atom is 0.306 e. The van der Waals surface area contributed by atoms with Gasteiger partial charge in [0.1, 0.15) is 25.6 Å². The molecule has 0 radical (unpaired) electrons. The third-order valence-corrected chi connectivity index (χ3v) is 6.70. The van der Waals surface area contributed by atoms with Crippen LogP contribution >= 0.6 is 0 Å². The molecule has 0 aliphatic carbocycles. The maximum atomic E-state index is 13.3. The molecule has 0 heterocycles. The highest BCUT2D eigenvalue weighted by molar-refractivity contribution is 5.92. The number of ether oxygens (including phenoxy) is 4. The van der Waals surface area contributed by atoms with E-state index in [1.807, 2.05) is 60.7 Å². The van der Waals surface area contributed by atoms with Crippen molar-refractivity contribution in [1.82, 2.24) is 5.32 Å². The molecule has 0 unspecified atom stereocenters. The molecule has 2 atom stereocenters. The van der Waals surface area contributed by atoms with Gasteiger partial charge in [0.05, 0.1) is 19.3 Å². The summed E-state index contributed by atoms with van der Waals surface area (Å²) in [5.41, 5.74) is 1.65. The van der Waals surface area contributed by atoms with E-state index in [1.165, 1.54) is 6.92 Å². The number of rotatable bonds is 23. The summed E-state index contributed by atoms with van der Waals surface area (Å²) in [6, 6.07) is 17.4. The molecule has 0 aliphatic heterocycles. The fourth-order valence-electron chi connectivity index (χ4n) is 4.32.